The molecule has 0 spiro atoms. The summed E-state index contributed by atoms with van der Waals surface area (Å²) in [5.41, 5.74) is 3.45. The summed E-state index contributed by atoms with van der Waals surface area (Å²) < 4.78 is 0. The average Bonchev–Trinajstić information content (AvgIpc) is 2.72. The van der Waals surface area contributed by atoms with E-state index in [2.05, 4.69) is 44.8 Å². The summed E-state index contributed by atoms with van der Waals surface area (Å²) in [7, 11) is 1.75. The molecule has 164 valence electrons. The van der Waals surface area contributed by atoms with Crippen LogP contribution in [0.5, 0.6) is 0 Å². The molecule has 30 heavy (non-hydrogen) atoms. The van der Waals surface area contributed by atoms with Gasteiger partial charge in [-0.1, -0.05) is 53.5 Å². The van der Waals surface area contributed by atoms with E-state index in [0.29, 0.717) is 29.1 Å². The molecule has 3 rings (SSSR count). The van der Waals surface area contributed by atoms with Gasteiger partial charge in [0.15, 0.2) is 5.96 Å². The van der Waals surface area contributed by atoms with Gasteiger partial charge in [-0.15, -0.1) is 24.0 Å². The third kappa shape index (κ3) is 7.89. The van der Waals surface area contributed by atoms with Crippen molar-refractivity contribution in [2.24, 2.45) is 4.99 Å². The average molecular weight is 563 g/mol. The number of aliphatic imine (C=N–C) groups is 1. The van der Waals surface area contributed by atoms with E-state index >= 15 is 0 Å². The Morgan fingerprint density at radius 3 is 2.30 bits per heavy atom. The number of guanidine groups is 1. The van der Waals surface area contributed by atoms with Crippen LogP contribution in [0.25, 0.3) is 0 Å². The van der Waals surface area contributed by atoms with Crippen LogP contribution in [-0.2, 0) is 19.6 Å². The largest absolute Gasteiger partial charge is 0.393 e. The summed E-state index contributed by atoms with van der Waals surface area (Å²) in [6.45, 7) is 4.11. The normalized spacial score (nSPS) is 15.5. The molecule has 8 heteroatoms. The fourth-order valence-electron chi connectivity index (χ4n) is 3.35. The zero-order valence-electron chi connectivity index (χ0n) is 17.1. The first-order chi connectivity index (χ1) is 14.0. The van der Waals surface area contributed by atoms with Crippen LogP contribution in [-0.4, -0.2) is 42.2 Å². The van der Waals surface area contributed by atoms with Crippen molar-refractivity contribution < 1.29 is 5.11 Å². The maximum atomic E-state index is 9.62. The van der Waals surface area contributed by atoms with Crippen molar-refractivity contribution in [3.63, 3.8) is 0 Å². The van der Waals surface area contributed by atoms with Gasteiger partial charge in [0.05, 0.1) is 6.10 Å². The first-order valence-corrected chi connectivity index (χ1v) is 10.7. The Kier molecular flexibility index (Phi) is 10.7. The van der Waals surface area contributed by atoms with Crippen molar-refractivity contribution in [3.8, 4) is 0 Å². The lowest BCUT2D eigenvalue weighted by Gasteiger charge is -2.29. The highest BCUT2D eigenvalue weighted by Crippen LogP contribution is 2.20. The third-order valence-corrected chi connectivity index (χ3v) is 5.72. The van der Waals surface area contributed by atoms with Crippen LogP contribution in [0.3, 0.4) is 0 Å². The lowest BCUT2D eigenvalue weighted by atomic mass is 10.1. The maximum absolute atomic E-state index is 9.62. The van der Waals surface area contributed by atoms with Gasteiger partial charge in [0, 0.05) is 49.8 Å². The van der Waals surface area contributed by atoms with E-state index in [4.69, 9.17) is 23.2 Å². The fraction of sp³-hybridized carbons (Fsp3) is 0.409. The van der Waals surface area contributed by atoms with Crippen molar-refractivity contribution in [1.29, 1.82) is 0 Å². The molecule has 0 atom stereocenters. The SMILES string of the molecule is CN=C(NCc1ccc(CN2CCC(O)CC2)cc1)NCc1ccc(Cl)cc1Cl.I. The Hall–Kier alpha value is -1.06. The number of piperidine rings is 1. The van der Waals surface area contributed by atoms with Crippen LogP contribution in [0.2, 0.25) is 10.0 Å². The number of hydrogen-bond donors (Lipinski definition) is 3. The summed E-state index contributed by atoms with van der Waals surface area (Å²) in [6.07, 6.45) is 1.61. The molecule has 2 aromatic rings. The van der Waals surface area contributed by atoms with Gasteiger partial charge in [-0.2, -0.15) is 0 Å². The molecule has 0 bridgehead atoms. The van der Waals surface area contributed by atoms with Crippen molar-refractivity contribution in [2.75, 3.05) is 20.1 Å². The molecular formula is C22H29Cl2IN4O. The van der Waals surface area contributed by atoms with Gasteiger partial charge in [0.25, 0.3) is 0 Å². The minimum absolute atomic E-state index is 0. The molecule has 1 fully saturated rings. The molecule has 1 heterocycles. The zero-order chi connectivity index (χ0) is 20.6. The van der Waals surface area contributed by atoms with Gasteiger partial charge in [-0.3, -0.25) is 9.89 Å². The molecule has 0 aliphatic carbocycles. The first-order valence-electron chi connectivity index (χ1n) is 9.90. The number of nitrogens with zero attached hydrogens (tertiary/aromatic N) is 2. The zero-order valence-corrected chi connectivity index (χ0v) is 20.9. The highest BCUT2D eigenvalue weighted by molar-refractivity contribution is 14.0. The molecule has 0 amide bonds. The molecule has 2 aromatic carbocycles. The number of halogens is 3. The Labute approximate surface area is 205 Å². The smallest absolute Gasteiger partial charge is 0.191 e. The second kappa shape index (κ2) is 12.7. The third-order valence-electron chi connectivity index (χ3n) is 5.13. The summed E-state index contributed by atoms with van der Waals surface area (Å²) >= 11 is 12.2. The van der Waals surface area contributed by atoms with Crippen LogP contribution in [0.15, 0.2) is 47.5 Å². The first kappa shape index (κ1) is 25.2. The van der Waals surface area contributed by atoms with Crippen LogP contribution in [0, 0.1) is 0 Å². The number of nitrogens with one attached hydrogen (secondary N) is 2. The Morgan fingerprint density at radius 1 is 1.03 bits per heavy atom. The van der Waals surface area contributed by atoms with E-state index in [9.17, 15) is 5.11 Å². The second-order valence-corrected chi connectivity index (χ2v) is 8.18. The summed E-state index contributed by atoms with van der Waals surface area (Å²) in [6, 6.07) is 14.1. The van der Waals surface area contributed by atoms with Crippen LogP contribution < -0.4 is 10.6 Å². The lowest BCUT2D eigenvalue weighted by molar-refractivity contribution is 0.0792. The van der Waals surface area contributed by atoms with Gasteiger partial charge < -0.3 is 15.7 Å². The maximum Gasteiger partial charge on any atom is 0.191 e. The van der Waals surface area contributed by atoms with Crippen molar-refractivity contribution in [1.82, 2.24) is 15.5 Å². The number of aliphatic hydroxyl groups is 1. The molecule has 1 saturated heterocycles. The van der Waals surface area contributed by atoms with E-state index in [1.807, 2.05) is 12.1 Å². The molecular weight excluding hydrogens is 534 g/mol. The quantitative estimate of drug-likeness (QED) is 0.277. The standard InChI is InChI=1S/C22H28Cl2N4O.HI/c1-25-22(27-14-18-6-7-19(23)12-21(18)24)26-13-16-2-4-17(5-3-16)15-28-10-8-20(29)9-11-28;/h2-7,12,20,29H,8-11,13-15H2,1H3,(H2,25,26,27);1H. The number of likely N-dealkylation sites (tertiary alicyclic amines) is 1. The molecule has 1 aliphatic rings. The highest BCUT2D eigenvalue weighted by atomic mass is 127. The fourth-order valence-corrected chi connectivity index (χ4v) is 3.82. The molecule has 0 radical (unpaired) electrons. The molecule has 5 nitrogen and oxygen atoms in total. The minimum Gasteiger partial charge on any atom is -0.393 e. The van der Waals surface area contributed by atoms with E-state index < -0.39 is 0 Å². The Morgan fingerprint density at radius 2 is 1.67 bits per heavy atom. The summed E-state index contributed by atoms with van der Waals surface area (Å²) in [4.78, 5) is 6.66. The highest BCUT2D eigenvalue weighted by Gasteiger charge is 2.16. The van der Waals surface area contributed by atoms with Crippen LogP contribution in [0.1, 0.15) is 29.5 Å². The van der Waals surface area contributed by atoms with E-state index in [0.717, 1.165) is 38.0 Å². The second-order valence-electron chi connectivity index (χ2n) is 7.34. The van der Waals surface area contributed by atoms with Crippen molar-refractivity contribution >= 4 is 53.1 Å². The number of benzene rings is 2. The van der Waals surface area contributed by atoms with Gasteiger partial charge in [-0.25, -0.2) is 0 Å². The van der Waals surface area contributed by atoms with Gasteiger partial charge in [0.2, 0.25) is 0 Å². The molecule has 0 unspecified atom stereocenters. The van der Waals surface area contributed by atoms with E-state index in [-0.39, 0.29) is 30.1 Å². The topological polar surface area (TPSA) is 59.9 Å². The van der Waals surface area contributed by atoms with Crippen molar-refractivity contribution in [2.45, 2.75) is 38.6 Å². The lowest BCUT2D eigenvalue weighted by Crippen LogP contribution is -2.36. The summed E-state index contributed by atoms with van der Waals surface area (Å²) in [5, 5.41) is 17.5. The Balaban J connectivity index is 0.00000320. The minimum atomic E-state index is -0.126. The summed E-state index contributed by atoms with van der Waals surface area (Å²) in [5.74, 6) is 0.715. The van der Waals surface area contributed by atoms with Crippen LogP contribution >= 0.6 is 47.2 Å². The van der Waals surface area contributed by atoms with E-state index in [1.54, 1.807) is 13.1 Å². The molecule has 0 aromatic heterocycles. The number of aliphatic hydroxyl groups excluding tert-OH is 1. The molecule has 3 N–H and O–H groups in total. The number of rotatable bonds is 6. The molecule has 0 saturated carbocycles. The van der Waals surface area contributed by atoms with Gasteiger partial charge >= 0.3 is 0 Å². The monoisotopic (exact) mass is 562 g/mol. The van der Waals surface area contributed by atoms with Gasteiger partial charge in [0.1, 0.15) is 0 Å². The Bertz CT molecular complexity index is 824. The number of hydrogen-bond acceptors (Lipinski definition) is 3. The predicted octanol–water partition coefficient (Wildman–Crippen LogP) is 4.43. The van der Waals surface area contributed by atoms with Crippen molar-refractivity contribution in [3.05, 3.63) is 69.2 Å². The predicted molar refractivity (Wildman–Crippen MR) is 136 cm³/mol. The molecule has 1 aliphatic heterocycles. The van der Waals surface area contributed by atoms with Crippen LogP contribution in [0.4, 0.5) is 0 Å². The van der Waals surface area contributed by atoms with Gasteiger partial charge in [-0.05, 0) is 41.7 Å². The van der Waals surface area contributed by atoms with E-state index in [1.165, 1.54) is 11.1 Å².